The van der Waals surface area contributed by atoms with Crippen LogP contribution in [-0.4, -0.2) is 20.8 Å². The van der Waals surface area contributed by atoms with Crippen LogP contribution in [0.2, 0.25) is 0 Å². The highest BCUT2D eigenvalue weighted by molar-refractivity contribution is 7.03. The zero-order chi connectivity index (χ0) is 8.39. The average molecular weight is 184 g/mol. The monoisotopic (exact) mass is 184 g/mol. The number of aliphatic hydroxyl groups excluding tert-OH is 1. The lowest BCUT2D eigenvalue weighted by molar-refractivity contribution is 0.132. The smallest absolute Gasteiger partial charge is 0.0759 e. The van der Waals surface area contributed by atoms with Crippen molar-refractivity contribution in [2.75, 3.05) is 0 Å². The lowest BCUT2D eigenvalue weighted by Gasteiger charge is -2.11. The summed E-state index contributed by atoms with van der Waals surface area (Å²) >= 11 is 1.38. The molecule has 2 rings (SSSR count). The predicted molar refractivity (Wildman–Crippen MR) is 47.0 cm³/mol. The van der Waals surface area contributed by atoms with Gasteiger partial charge in [0.05, 0.1) is 11.8 Å². The van der Waals surface area contributed by atoms with E-state index in [1.54, 1.807) is 0 Å². The van der Waals surface area contributed by atoms with E-state index < -0.39 is 0 Å². The molecular weight excluding hydrogens is 172 g/mol. The van der Waals surface area contributed by atoms with Crippen LogP contribution in [0.5, 0.6) is 0 Å². The summed E-state index contributed by atoms with van der Waals surface area (Å²) < 4.78 is 3.80. The number of aliphatic hydroxyl groups is 1. The second-order valence-electron chi connectivity index (χ2n) is 3.36. The summed E-state index contributed by atoms with van der Waals surface area (Å²) in [5.74, 6) is 0.425. The van der Waals surface area contributed by atoms with Crippen molar-refractivity contribution < 1.29 is 5.11 Å². The number of hydrogen-bond donors (Lipinski definition) is 1. The Morgan fingerprint density at radius 1 is 1.58 bits per heavy atom. The minimum absolute atomic E-state index is 0.105. The van der Waals surface area contributed by atoms with Crippen LogP contribution in [0.3, 0.4) is 0 Å². The first-order valence-electron chi connectivity index (χ1n) is 4.30. The van der Waals surface area contributed by atoms with E-state index in [0.717, 1.165) is 31.4 Å². The molecule has 12 heavy (non-hydrogen) atoms. The topological polar surface area (TPSA) is 46.0 Å². The molecule has 1 aliphatic carbocycles. The van der Waals surface area contributed by atoms with E-state index in [2.05, 4.69) is 9.59 Å². The lowest BCUT2D eigenvalue weighted by atomic mass is 10.0. The molecule has 1 heterocycles. The van der Waals surface area contributed by atoms with E-state index in [0.29, 0.717) is 5.92 Å². The molecule has 0 aliphatic heterocycles. The van der Waals surface area contributed by atoms with Gasteiger partial charge in [-0.3, -0.25) is 0 Å². The van der Waals surface area contributed by atoms with E-state index >= 15 is 0 Å². The fourth-order valence-electron chi connectivity index (χ4n) is 1.80. The fourth-order valence-corrected chi connectivity index (χ4v) is 2.26. The molecule has 4 heteroatoms. The van der Waals surface area contributed by atoms with Gasteiger partial charge in [0.1, 0.15) is 0 Å². The quantitative estimate of drug-likeness (QED) is 0.752. The van der Waals surface area contributed by atoms with Gasteiger partial charge in [0.15, 0.2) is 0 Å². The molecule has 0 aromatic carbocycles. The molecular formula is C8H12N2OS. The Hall–Kier alpha value is -0.480. The highest BCUT2D eigenvalue weighted by Gasteiger charge is 2.25. The lowest BCUT2D eigenvalue weighted by Crippen LogP contribution is -2.15. The van der Waals surface area contributed by atoms with Crippen LogP contribution in [-0.2, 0) is 6.42 Å². The molecule has 1 saturated carbocycles. The van der Waals surface area contributed by atoms with Crippen molar-refractivity contribution in [3.05, 3.63) is 11.1 Å². The minimum Gasteiger partial charge on any atom is -0.393 e. The molecule has 1 fully saturated rings. The summed E-state index contributed by atoms with van der Waals surface area (Å²) in [5, 5.41) is 15.5. The van der Waals surface area contributed by atoms with Gasteiger partial charge in [-0.15, -0.1) is 5.10 Å². The van der Waals surface area contributed by atoms with Crippen LogP contribution in [0.4, 0.5) is 0 Å². The van der Waals surface area contributed by atoms with Gasteiger partial charge in [-0.05, 0) is 36.7 Å². The Labute approximate surface area is 75.6 Å². The van der Waals surface area contributed by atoms with E-state index in [9.17, 15) is 5.11 Å². The van der Waals surface area contributed by atoms with Gasteiger partial charge in [-0.2, -0.15) is 0 Å². The molecule has 0 saturated heterocycles. The van der Waals surface area contributed by atoms with E-state index in [4.69, 9.17) is 0 Å². The molecule has 2 unspecified atom stereocenters. The maximum absolute atomic E-state index is 9.54. The summed E-state index contributed by atoms with van der Waals surface area (Å²) in [7, 11) is 0. The van der Waals surface area contributed by atoms with Crippen LogP contribution in [0.25, 0.3) is 0 Å². The third-order valence-corrected chi connectivity index (χ3v) is 3.05. The Morgan fingerprint density at radius 2 is 2.50 bits per heavy atom. The first-order valence-corrected chi connectivity index (χ1v) is 5.14. The summed E-state index contributed by atoms with van der Waals surface area (Å²) in [6.45, 7) is 0. The van der Waals surface area contributed by atoms with Crippen LogP contribution < -0.4 is 0 Å². The van der Waals surface area contributed by atoms with Gasteiger partial charge in [0.2, 0.25) is 0 Å². The van der Waals surface area contributed by atoms with Gasteiger partial charge in [0, 0.05) is 5.38 Å². The van der Waals surface area contributed by atoms with E-state index in [1.807, 2.05) is 5.38 Å². The molecule has 1 aromatic rings. The second kappa shape index (κ2) is 3.49. The highest BCUT2D eigenvalue weighted by atomic mass is 32.1. The normalized spacial score (nSPS) is 29.4. The van der Waals surface area contributed by atoms with E-state index in [1.165, 1.54) is 11.5 Å². The number of nitrogens with zero attached hydrogens (tertiary/aromatic N) is 2. The van der Waals surface area contributed by atoms with Gasteiger partial charge in [-0.25, -0.2) is 0 Å². The van der Waals surface area contributed by atoms with Crippen LogP contribution >= 0.6 is 11.5 Å². The van der Waals surface area contributed by atoms with Crippen molar-refractivity contribution >= 4 is 11.5 Å². The van der Waals surface area contributed by atoms with E-state index in [-0.39, 0.29) is 6.10 Å². The predicted octanol–water partition coefficient (Wildman–Crippen LogP) is 1.24. The molecule has 0 radical (unpaired) electrons. The first kappa shape index (κ1) is 8.13. The third-order valence-electron chi connectivity index (χ3n) is 2.50. The Balaban J connectivity index is 1.95. The van der Waals surface area contributed by atoms with Crippen molar-refractivity contribution in [2.45, 2.75) is 31.8 Å². The molecule has 3 nitrogen and oxygen atoms in total. The van der Waals surface area contributed by atoms with Gasteiger partial charge in [-0.1, -0.05) is 10.9 Å². The first-order chi connectivity index (χ1) is 5.86. The maximum Gasteiger partial charge on any atom is 0.0759 e. The fraction of sp³-hybridized carbons (Fsp3) is 0.750. The molecule has 0 bridgehead atoms. The molecule has 1 aromatic heterocycles. The van der Waals surface area contributed by atoms with Crippen molar-refractivity contribution in [2.24, 2.45) is 5.92 Å². The minimum atomic E-state index is -0.105. The second-order valence-corrected chi connectivity index (χ2v) is 3.97. The van der Waals surface area contributed by atoms with Gasteiger partial charge in [0.25, 0.3) is 0 Å². The number of hydrogen-bond acceptors (Lipinski definition) is 4. The third kappa shape index (κ3) is 1.64. The largest absolute Gasteiger partial charge is 0.393 e. The Kier molecular flexibility index (Phi) is 2.37. The number of rotatable bonds is 2. The summed E-state index contributed by atoms with van der Waals surface area (Å²) in [5.41, 5.74) is 1.03. The average Bonchev–Trinajstić information content (AvgIpc) is 2.65. The molecule has 66 valence electrons. The Morgan fingerprint density at radius 3 is 3.08 bits per heavy atom. The van der Waals surface area contributed by atoms with Crippen molar-refractivity contribution in [3.8, 4) is 0 Å². The van der Waals surface area contributed by atoms with Crippen molar-refractivity contribution in [1.29, 1.82) is 0 Å². The standard InChI is InChI=1S/C8H12N2OS/c11-8-3-1-2-6(8)4-7-5-12-10-9-7/h5-6,8,11H,1-4H2. The summed E-state index contributed by atoms with van der Waals surface area (Å²) in [4.78, 5) is 0. The van der Waals surface area contributed by atoms with Crippen molar-refractivity contribution in [3.63, 3.8) is 0 Å². The van der Waals surface area contributed by atoms with Gasteiger partial charge < -0.3 is 5.11 Å². The molecule has 2 atom stereocenters. The molecule has 1 aliphatic rings. The Bertz CT molecular complexity index is 237. The zero-order valence-corrected chi connectivity index (χ0v) is 7.63. The summed E-state index contributed by atoms with van der Waals surface area (Å²) in [6.07, 6.45) is 4.05. The molecule has 1 N–H and O–H groups in total. The SMILES string of the molecule is OC1CCCC1Cc1csnn1. The number of aromatic nitrogens is 2. The van der Waals surface area contributed by atoms with Crippen LogP contribution in [0.15, 0.2) is 5.38 Å². The molecule has 0 amide bonds. The zero-order valence-electron chi connectivity index (χ0n) is 6.81. The summed E-state index contributed by atoms with van der Waals surface area (Å²) in [6, 6.07) is 0. The van der Waals surface area contributed by atoms with Crippen LogP contribution in [0.1, 0.15) is 25.0 Å². The van der Waals surface area contributed by atoms with Crippen LogP contribution in [0, 0.1) is 5.92 Å². The van der Waals surface area contributed by atoms with Crippen molar-refractivity contribution in [1.82, 2.24) is 9.59 Å². The highest BCUT2D eigenvalue weighted by Crippen LogP contribution is 2.28. The maximum atomic E-state index is 9.54. The van der Waals surface area contributed by atoms with Gasteiger partial charge >= 0.3 is 0 Å². The molecule has 0 spiro atoms.